The second-order valence-electron chi connectivity index (χ2n) is 6.38. The Kier molecular flexibility index (Phi) is 9.65. The summed E-state index contributed by atoms with van der Waals surface area (Å²) in [6, 6.07) is 3.73. The molecule has 0 aromatic carbocycles. The summed E-state index contributed by atoms with van der Waals surface area (Å²) in [7, 11) is 1.99. The third kappa shape index (κ3) is 6.42. The number of pyridine rings is 1. The van der Waals surface area contributed by atoms with E-state index in [-0.39, 0.29) is 36.8 Å². The summed E-state index contributed by atoms with van der Waals surface area (Å²) in [4.78, 5) is 22.7. The van der Waals surface area contributed by atoms with Gasteiger partial charge >= 0.3 is 0 Å². The molecule has 1 fully saturated rings. The molecule has 1 atom stereocenters. The van der Waals surface area contributed by atoms with Crippen molar-refractivity contribution in [3.05, 3.63) is 30.4 Å². The van der Waals surface area contributed by atoms with Crippen LogP contribution in [0.15, 0.2) is 29.0 Å². The average Bonchev–Trinajstić information content (AvgIpc) is 3.13. The number of nitrogens with zero attached hydrogens (tertiary/aromatic N) is 4. The van der Waals surface area contributed by atoms with Gasteiger partial charge in [-0.1, -0.05) is 5.16 Å². The fourth-order valence-corrected chi connectivity index (χ4v) is 2.98. The van der Waals surface area contributed by atoms with Crippen molar-refractivity contribution in [1.29, 1.82) is 0 Å². The van der Waals surface area contributed by atoms with E-state index >= 15 is 0 Å². The first kappa shape index (κ1) is 23.3. The van der Waals surface area contributed by atoms with Gasteiger partial charge < -0.3 is 15.2 Å². The van der Waals surface area contributed by atoms with Gasteiger partial charge in [-0.2, -0.15) is 4.98 Å². The van der Waals surface area contributed by atoms with Crippen LogP contribution >= 0.6 is 24.8 Å². The Labute approximate surface area is 171 Å². The summed E-state index contributed by atoms with van der Waals surface area (Å²) in [5.74, 6) is 0.840. The Morgan fingerprint density at radius 2 is 2.00 bits per heavy atom. The van der Waals surface area contributed by atoms with Crippen LogP contribution in [0.1, 0.15) is 31.7 Å². The summed E-state index contributed by atoms with van der Waals surface area (Å²) in [5, 5.41) is 10.2. The van der Waals surface area contributed by atoms with Crippen LogP contribution in [-0.4, -0.2) is 58.7 Å². The van der Waals surface area contributed by atoms with Gasteiger partial charge in [-0.05, 0) is 52.0 Å². The Morgan fingerprint density at radius 3 is 2.67 bits per heavy atom. The van der Waals surface area contributed by atoms with Crippen molar-refractivity contribution in [2.75, 3.05) is 26.7 Å². The molecular weight excluding hydrogens is 391 g/mol. The van der Waals surface area contributed by atoms with Gasteiger partial charge in [0.15, 0.2) is 0 Å². The van der Waals surface area contributed by atoms with Crippen LogP contribution in [0.3, 0.4) is 0 Å². The van der Waals surface area contributed by atoms with Crippen LogP contribution in [0, 0.1) is 0 Å². The van der Waals surface area contributed by atoms with Crippen molar-refractivity contribution in [3.63, 3.8) is 0 Å². The number of hydrogen-bond donors (Lipinski definition) is 2. The van der Waals surface area contributed by atoms with E-state index in [1.807, 2.05) is 26.1 Å². The minimum absolute atomic E-state index is 0. The van der Waals surface area contributed by atoms with Crippen LogP contribution in [0.2, 0.25) is 0 Å². The lowest BCUT2D eigenvalue weighted by atomic mass is 10.1. The van der Waals surface area contributed by atoms with Gasteiger partial charge in [-0.25, -0.2) is 0 Å². The maximum Gasteiger partial charge on any atom is 0.249 e. The summed E-state index contributed by atoms with van der Waals surface area (Å²) in [6.07, 6.45) is 5.48. The highest BCUT2D eigenvalue weighted by Gasteiger charge is 2.22. The van der Waals surface area contributed by atoms with Crippen LogP contribution in [0.5, 0.6) is 0 Å². The lowest BCUT2D eigenvalue weighted by Gasteiger charge is -2.31. The van der Waals surface area contributed by atoms with Gasteiger partial charge in [0.05, 0.1) is 6.54 Å². The second-order valence-corrected chi connectivity index (χ2v) is 6.38. The zero-order valence-corrected chi connectivity index (χ0v) is 17.1. The monoisotopic (exact) mass is 416 g/mol. The number of halogens is 2. The number of amides is 1. The maximum absolute atomic E-state index is 12.3. The molecule has 8 nitrogen and oxygen atoms in total. The Morgan fingerprint density at radius 1 is 1.33 bits per heavy atom. The molecule has 0 spiro atoms. The highest BCUT2D eigenvalue weighted by Crippen LogP contribution is 2.17. The van der Waals surface area contributed by atoms with Crippen LogP contribution in [0.25, 0.3) is 11.4 Å². The molecule has 1 aliphatic heterocycles. The fourth-order valence-electron chi connectivity index (χ4n) is 2.98. The van der Waals surface area contributed by atoms with Gasteiger partial charge in [-0.3, -0.25) is 14.7 Å². The van der Waals surface area contributed by atoms with Crippen molar-refractivity contribution in [1.82, 2.24) is 30.7 Å². The molecule has 2 aromatic heterocycles. The lowest BCUT2D eigenvalue weighted by Crippen LogP contribution is -2.45. The Hall–Kier alpha value is -1.74. The maximum atomic E-state index is 12.3. The number of hydrogen-bond acceptors (Lipinski definition) is 7. The zero-order valence-electron chi connectivity index (χ0n) is 15.4. The number of rotatable bonds is 6. The van der Waals surface area contributed by atoms with Crippen molar-refractivity contribution in [2.45, 2.75) is 31.8 Å². The molecule has 0 saturated carbocycles. The normalized spacial score (nSPS) is 15.5. The molecule has 1 unspecified atom stereocenters. The second kappa shape index (κ2) is 11.2. The lowest BCUT2D eigenvalue weighted by molar-refractivity contribution is -0.123. The SMILES string of the molecule is CC(NC(=O)CN(C)C1CCNCC1)c1nc(-c2ccncc2)no1.Cl.Cl. The number of carbonyl (C=O) groups is 1. The molecule has 150 valence electrons. The van der Waals surface area contributed by atoms with Crippen molar-refractivity contribution in [2.24, 2.45) is 0 Å². The highest BCUT2D eigenvalue weighted by atomic mass is 35.5. The van der Waals surface area contributed by atoms with Gasteiger partial charge in [-0.15, -0.1) is 24.8 Å². The number of piperidine rings is 1. The predicted octanol–water partition coefficient (Wildman–Crippen LogP) is 1.84. The van der Waals surface area contributed by atoms with Crippen molar-refractivity contribution < 1.29 is 9.32 Å². The summed E-state index contributed by atoms with van der Waals surface area (Å²) >= 11 is 0. The third-order valence-electron chi connectivity index (χ3n) is 4.45. The van der Waals surface area contributed by atoms with E-state index in [2.05, 4.69) is 30.7 Å². The van der Waals surface area contributed by atoms with E-state index < -0.39 is 0 Å². The molecule has 3 rings (SSSR count). The van der Waals surface area contributed by atoms with Gasteiger partial charge in [0, 0.05) is 24.0 Å². The van der Waals surface area contributed by atoms with Crippen molar-refractivity contribution in [3.8, 4) is 11.4 Å². The molecule has 0 bridgehead atoms. The van der Waals surface area contributed by atoms with Gasteiger partial charge in [0.25, 0.3) is 0 Å². The first-order valence-corrected chi connectivity index (χ1v) is 8.58. The largest absolute Gasteiger partial charge is 0.343 e. The Bertz CT molecular complexity index is 694. The smallest absolute Gasteiger partial charge is 0.249 e. The molecule has 2 aromatic rings. The quantitative estimate of drug-likeness (QED) is 0.741. The van der Waals surface area contributed by atoms with E-state index in [4.69, 9.17) is 4.52 Å². The summed E-state index contributed by atoms with van der Waals surface area (Å²) in [5.41, 5.74) is 0.828. The molecule has 1 saturated heterocycles. The topological polar surface area (TPSA) is 96.2 Å². The zero-order chi connectivity index (χ0) is 17.6. The molecule has 0 radical (unpaired) electrons. The van der Waals surface area contributed by atoms with E-state index in [1.165, 1.54) is 0 Å². The van der Waals surface area contributed by atoms with Crippen LogP contribution in [0.4, 0.5) is 0 Å². The number of nitrogens with one attached hydrogen (secondary N) is 2. The minimum Gasteiger partial charge on any atom is -0.343 e. The minimum atomic E-state index is -0.336. The standard InChI is InChI=1S/C17H24N6O2.2ClH/c1-12(17-21-16(22-25-17)13-3-7-18-8-4-13)20-15(24)11-23(2)14-5-9-19-10-6-14;;/h3-4,7-8,12,14,19H,5-6,9-11H2,1-2H3,(H,20,24);2*1H. The van der Waals surface area contributed by atoms with E-state index in [9.17, 15) is 4.79 Å². The molecule has 27 heavy (non-hydrogen) atoms. The Balaban J connectivity index is 0.00000182. The van der Waals surface area contributed by atoms with Gasteiger partial charge in [0.1, 0.15) is 6.04 Å². The number of likely N-dealkylation sites (N-methyl/N-ethyl adjacent to an activating group) is 1. The van der Waals surface area contributed by atoms with Crippen LogP contribution in [-0.2, 0) is 4.79 Å². The van der Waals surface area contributed by atoms with Crippen LogP contribution < -0.4 is 10.6 Å². The van der Waals surface area contributed by atoms with Gasteiger partial charge in [0.2, 0.25) is 17.6 Å². The highest BCUT2D eigenvalue weighted by molar-refractivity contribution is 5.85. The van der Waals surface area contributed by atoms with E-state index in [0.717, 1.165) is 31.5 Å². The molecule has 1 amide bonds. The molecule has 1 aliphatic rings. The predicted molar refractivity (Wildman–Crippen MR) is 107 cm³/mol. The summed E-state index contributed by atoms with van der Waals surface area (Å²) in [6.45, 7) is 4.21. The van der Waals surface area contributed by atoms with E-state index in [0.29, 0.717) is 24.3 Å². The van der Waals surface area contributed by atoms with E-state index in [1.54, 1.807) is 12.4 Å². The fraction of sp³-hybridized carbons (Fsp3) is 0.529. The number of aromatic nitrogens is 3. The number of carbonyl (C=O) groups excluding carboxylic acids is 1. The molecule has 2 N–H and O–H groups in total. The molecule has 0 aliphatic carbocycles. The molecule has 10 heteroatoms. The summed E-state index contributed by atoms with van der Waals surface area (Å²) < 4.78 is 5.28. The average molecular weight is 417 g/mol. The molecule has 3 heterocycles. The molecular formula is C17H26Cl2N6O2. The first-order valence-electron chi connectivity index (χ1n) is 8.58. The van der Waals surface area contributed by atoms with Crippen molar-refractivity contribution >= 4 is 30.7 Å². The first-order chi connectivity index (χ1) is 12.1. The third-order valence-corrected chi connectivity index (χ3v) is 4.45.